The highest BCUT2D eigenvalue weighted by Crippen LogP contribution is 2.59. The average Bonchev–Trinajstić information content (AvgIpc) is 2.20. The zero-order valence-corrected chi connectivity index (χ0v) is 10.2. The molecule has 2 rings (SSSR count). The molecule has 1 heteroatoms. The van der Waals surface area contributed by atoms with E-state index in [1.54, 1.807) is 0 Å². The van der Waals surface area contributed by atoms with Crippen molar-refractivity contribution in [2.24, 2.45) is 10.8 Å². The van der Waals surface area contributed by atoms with Gasteiger partial charge in [0.15, 0.2) is 5.78 Å². The van der Waals surface area contributed by atoms with Crippen molar-refractivity contribution in [3.63, 3.8) is 0 Å². The van der Waals surface area contributed by atoms with E-state index < -0.39 is 0 Å². The smallest absolute Gasteiger partial charge is 0.159 e. The topological polar surface area (TPSA) is 17.1 Å². The first-order valence-electron chi connectivity index (χ1n) is 6.23. The maximum absolute atomic E-state index is 12.0. The highest BCUT2D eigenvalue weighted by Gasteiger charge is 2.52. The molecule has 0 N–H and O–H groups in total. The van der Waals surface area contributed by atoms with Gasteiger partial charge in [0.1, 0.15) is 0 Å². The highest BCUT2D eigenvalue weighted by molar-refractivity contribution is 5.97. The van der Waals surface area contributed by atoms with Crippen LogP contribution in [0.4, 0.5) is 0 Å². The van der Waals surface area contributed by atoms with Gasteiger partial charge in [0.05, 0.1) is 0 Å². The summed E-state index contributed by atoms with van der Waals surface area (Å²) in [5.74, 6) is 0.402. The van der Waals surface area contributed by atoms with E-state index in [0.717, 1.165) is 18.4 Å². The van der Waals surface area contributed by atoms with Gasteiger partial charge >= 0.3 is 0 Å². The second kappa shape index (κ2) is 3.47. The predicted octanol–water partition coefficient (Wildman–Crippen LogP) is 3.88. The number of ketones is 1. The lowest BCUT2D eigenvalue weighted by molar-refractivity contribution is -0.123. The molecule has 0 bridgehead atoms. The van der Waals surface area contributed by atoms with E-state index in [0.29, 0.717) is 11.2 Å². The van der Waals surface area contributed by atoms with E-state index in [4.69, 9.17) is 0 Å². The molecule has 2 saturated carbocycles. The Morgan fingerprint density at radius 2 is 1.80 bits per heavy atom. The summed E-state index contributed by atoms with van der Waals surface area (Å²) in [5.41, 5.74) is 1.66. The van der Waals surface area contributed by atoms with Crippen molar-refractivity contribution in [1.82, 2.24) is 0 Å². The summed E-state index contributed by atoms with van der Waals surface area (Å²) in [6, 6.07) is 0. The van der Waals surface area contributed by atoms with Crippen LogP contribution in [0.15, 0.2) is 11.6 Å². The monoisotopic (exact) mass is 206 g/mol. The van der Waals surface area contributed by atoms with Gasteiger partial charge in [-0.05, 0) is 37.2 Å². The number of allylic oxidation sites excluding steroid dienone is 2. The number of hydrogen-bond donors (Lipinski definition) is 0. The molecular weight excluding hydrogens is 184 g/mol. The lowest BCUT2D eigenvalue weighted by atomic mass is 9.49. The number of Topliss-reactive ketones (excluding diaryl/α,β-unsaturated/α-hetero) is 1. The number of rotatable bonds is 0. The van der Waals surface area contributed by atoms with E-state index in [1.165, 1.54) is 25.7 Å². The molecule has 2 fully saturated rings. The molecular formula is C14H22O. The minimum atomic E-state index is 0.162. The fourth-order valence-electron chi connectivity index (χ4n) is 3.74. The summed E-state index contributed by atoms with van der Waals surface area (Å²) >= 11 is 0. The van der Waals surface area contributed by atoms with E-state index in [1.807, 2.05) is 6.92 Å². The molecule has 0 aliphatic heterocycles. The third-order valence-electron chi connectivity index (χ3n) is 5.07. The molecule has 1 nitrogen and oxygen atoms in total. The molecule has 0 spiro atoms. The molecule has 2 aliphatic rings. The predicted molar refractivity (Wildman–Crippen MR) is 62.7 cm³/mol. The van der Waals surface area contributed by atoms with Crippen LogP contribution in [0.1, 0.15) is 59.3 Å². The van der Waals surface area contributed by atoms with E-state index in [-0.39, 0.29) is 5.41 Å². The number of fused-ring (bicyclic) bond motifs is 1. The first kappa shape index (κ1) is 10.9. The highest BCUT2D eigenvalue weighted by atomic mass is 16.1. The van der Waals surface area contributed by atoms with Crippen LogP contribution >= 0.6 is 0 Å². The first-order valence-corrected chi connectivity index (χ1v) is 6.23. The molecule has 15 heavy (non-hydrogen) atoms. The Balaban J connectivity index is 2.44. The van der Waals surface area contributed by atoms with Gasteiger partial charge in [-0.2, -0.15) is 0 Å². The molecule has 2 atom stereocenters. The molecule has 0 aromatic heterocycles. The van der Waals surface area contributed by atoms with Gasteiger partial charge in [0.25, 0.3) is 0 Å². The van der Waals surface area contributed by atoms with Gasteiger partial charge < -0.3 is 0 Å². The van der Waals surface area contributed by atoms with Gasteiger partial charge in [0, 0.05) is 11.8 Å². The van der Waals surface area contributed by atoms with Crippen LogP contribution in [-0.4, -0.2) is 5.78 Å². The third-order valence-corrected chi connectivity index (χ3v) is 5.07. The molecule has 0 aromatic carbocycles. The van der Waals surface area contributed by atoms with Crippen LogP contribution in [0.5, 0.6) is 0 Å². The largest absolute Gasteiger partial charge is 0.295 e. The first-order chi connectivity index (χ1) is 7.03. The number of carbonyl (C=O) groups is 1. The minimum absolute atomic E-state index is 0.162. The summed E-state index contributed by atoms with van der Waals surface area (Å²) < 4.78 is 0. The number of hydrogen-bond acceptors (Lipinski definition) is 1. The van der Waals surface area contributed by atoms with Crippen LogP contribution in [0, 0.1) is 10.8 Å². The van der Waals surface area contributed by atoms with Crippen LogP contribution in [0.25, 0.3) is 0 Å². The summed E-state index contributed by atoms with van der Waals surface area (Å²) in [5, 5.41) is 0. The minimum Gasteiger partial charge on any atom is -0.295 e. The maximum atomic E-state index is 12.0. The Bertz CT molecular complexity index is 315. The molecule has 0 aromatic rings. The molecule has 2 aliphatic carbocycles. The zero-order chi connectivity index (χ0) is 11.1. The summed E-state index contributed by atoms with van der Waals surface area (Å²) in [6.07, 6.45) is 9.08. The molecule has 0 unspecified atom stereocenters. The third kappa shape index (κ3) is 1.39. The Morgan fingerprint density at radius 1 is 1.13 bits per heavy atom. The van der Waals surface area contributed by atoms with Gasteiger partial charge in [-0.1, -0.05) is 32.8 Å². The van der Waals surface area contributed by atoms with Crippen LogP contribution in [0.3, 0.4) is 0 Å². The van der Waals surface area contributed by atoms with Gasteiger partial charge in [-0.3, -0.25) is 4.79 Å². The van der Waals surface area contributed by atoms with Crippen LogP contribution < -0.4 is 0 Å². The molecule has 84 valence electrons. The van der Waals surface area contributed by atoms with E-state index in [2.05, 4.69) is 19.9 Å². The summed E-state index contributed by atoms with van der Waals surface area (Å²) in [4.78, 5) is 12.0. The summed E-state index contributed by atoms with van der Waals surface area (Å²) in [6.45, 7) is 6.74. The van der Waals surface area contributed by atoms with Crippen molar-refractivity contribution >= 4 is 5.78 Å². The lowest BCUT2D eigenvalue weighted by Crippen LogP contribution is -2.47. The SMILES string of the molecule is C/C=C1\C(=O)CC[C@]2(C)CCCC[C@]12C. The van der Waals surface area contributed by atoms with Crippen molar-refractivity contribution in [3.05, 3.63) is 11.6 Å². The Morgan fingerprint density at radius 3 is 2.47 bits per heavy atom. The fraction of sp³-hybridized carbons (Fsp3) is 0.786. The number of carbonyl (C=O) groups excluding carboxylic acids is 1. The Hall–Kier alpha value is -0.590. The Labute approximate surface area is 92.9 Å². The molecule has 0 amide bonds. The normalized spacial score (nSPS) is 44.2. The van der Waals surface area contributed by atoms with Crippen molar-refractivity contribution < 1.29 is 4.79 Å². The van der Waals surface area contributed by atoms with Gasteiger partial charge in [-0.25, -0.2) is 0 Å². The standard InChI is InChI=1S/C14H22O/c1-4-11-12(15)7-10-13(2)8-5-6-9-14(11,13)3/h4H,5-10H2,1-3H3/b11-4+/t13-,14+/m0/s1. The fourth-order valence-corrected chi connectivity index (χ4v) is 3.74. The Kier molecular flexibility index (Phi) is 2.52. The molecule has 0 radical (unpaired) electrons. The zero-order valence-electron chi connectivity index (χ0n) is 10.2. The van der Waals surface area contributed by atoms with Crippen molar-refractivity contribution in [2.75, 3.05) is 0 Å². The van der Waals surface area contributed by atoms with Gasteiger partial charge in [-0.15, -0.1) is 0 Å². The van der Waals surface area contributed by atoms with Crippen LogP contribution in [0.2, 0.25) is 0 Å². The van der Waals surface area contributed by atoms with E-state index in [9.17, 15) is 4.79 Å². The molecule has 0 saturated heterocycles. The van der Waals surface area contributed by atoms with Gasteiger partial charge in [0.2, 0.25) is 0 Å². The second-order valence-electron chi connectivity index (χ2n) is 5.73. The van der Waals surface area contributed by atoms with Crippen molar-refractivity contribution in [2.45, 2.75) is 59.3 Å². The lowest BCUT2D eigenvalue weighted by Gasteiger charge is -2.54. The van der Waals surface area contributed by atoms with Crippen molar-refractivity contribution in [3.8, 4) is 0 Å². The quantitative estimate of drug-likeness (QED) is 0.550. The van der Waals surface area contributed by atoms with E-state index >= 15 is 0 Å². The summed E-state index contributed by atoms with van der Waals surface area (Å²) in [7, 11) is 0. The van der Waals surface area contributed by atoms with Crippen LogP contribution in [-0.2, 0) is 4.79 Å². The second-order valence-corrected chi connectivity index (χ2v) is 5.73. The maximum Gasteiger partial charge on any atom is 0.159 e. The molecule has 0 heterocycles. The average molecular weight is 206 g/mol. The van der Waals surface area contributed by atoms with Crippen molar-refractivity contribution in [1.29, 1.82) is 0 Å².